The fourth-order valence-corrected chi connectivity index (χ4v) is 1.96. The van der Waals surface area contributed by atoms with Crippen molar-refractivity contribution in [3.63, 3.8) is 0 Å². The SMILES string of the molecule is O=C(NCC1(O)CCOCC1)C(=O)Nc1ccccc1. The highest BCUT2D eigenvalue weighted by Crippen LogP contribution is 2.19. The molecule has 0 saturated carbocycles. The van der Waals surface area contributed by atoms with Gasteiger partial charge in [-0.25, -0.2) is 0 Å². The Hall–Kier alpha value is -1.92. The van der Waals surface area contributed by atoms with Crippen molar-refractivity contribution < 1.29 is 19.4 Å². The third-order valence-corrected chi connectivity index (χ3v) is 3.24. The molecule has 20 heavy (non-hydrogen) atoms. The second-order valence-electron chi connectivity index (χ2n) is 4.84. The maximum Gasteiger partial charge on any atom is 0.313 e. The lowest BCUT2D eigenvalue weighted by molar-refractivity contribution is -0.137. The molecule has 0 aromatic heterocycles. The van der Waals surface area contributed by atoms with E-state index in [4.69, 9.17) is 4.74 Å². The van der Waals surface area contributed by atoms with Crippen LogP contribution < -0.4 is 10.6 Å². The zero-order valence-electron chi connectivity index (χ0n) is 11.1. The second kappa shape index (κ2) is 6.49. The first kappa shape index (κ1) is 14.5. The molecule has 2 rings (SSSR count). The van der Waals surface area contributed by atoms with Crippen LogP contribution in [0.25, 0.3) is 0 Å². The molecule has 3 N–H and O–H groups in total. The summed E-state index contributed by atoms with van der Waals surface area (Å²) in [6.45, 7) is 0.975. The predicted molar refractivity (Wildman–Crippen MR) is 73.1 cm³/mol. The highest BCUT2D eigenvalue weighted by Gasteiger charge is 2.30. The number of hydrogen-bond acceptors (Lipinski definition) is 4. The van der Waals surface area contributed by atoms with Gasteiger partial charge in [0.25, 0.3) is 0 Å². The zero-order chi connectivity index (χ0) is 14.4. The van der Waals surface area contributed by atoms with Crippen LogP contribution in [0.5, 0.6) is 0 Å². The quantitative estimate of drug-likeness (QED) is 0.693. The Morgan fingerprint density at radius 1 is 1.15 bits per heavy atom. The van der Waals surface area contributed by atoms with Gasteiger partial charge in [0.1, 0.15) is 0 Å². The van der Waals surface area contributed by atoms with E-state index in [1.54, 1.807) is 24.3 Å². The molecule has 0 radical (unpaired) electrons. The monoisotopic (exact) mass is 278 g/mol. The fourth-order valence-electron chi connectivity index (χ4n) is 1.96. The second-order valence-corrected chi connectivity index (χ2v) is 4.84. The molecule has 0 unspecified atom stereocenters. The maximum atomic E-state index is 11.7. The lowest BCUT2D eigenvalue weighted by Gasteiger charge is -2.31. The van der Waals surface area contributed by atoms with E-state index in [-0.39, 0.29) is 6.54 Å². The molecule has 0 atom stereocenters. The number of carbonyl (C=O) groups excluding carboxylic acids is 2. The average molecular weight is 278 g/mol. The van der Waals surface area contributed by atoms with Crippen LogP contribution in [-0.2, 0) is 14.3 Å². The van der Waals surface area contributed by atoms with Crippen LogP contribution in [0.2, 0.25) is 0 Å². The zero-order valence-corrected chi connectivity index (χ0v) is 11.1. The number of carbonyl (C=O) groups is 2. The van der Waals surface area contributed by atoms with Crippen molar-refractivity contribution in [2.24, 2.45) is 0 Å². The minimum absolute atomic E-state index is 0.0530. The van der Waals surface area contributed by atoms with Gasteiger partial charge in [0.2, 0.25) is 0 Å². The molecule has 1 aromatic rings. The number of hydrogen-bond donors (Lipinski definition) is 3. The summed E-state index contributed by atoms with van der Waals surface area (Å²) in [6.07, 6.45) is 0.904. The van der Waals surface area contributed by atoms with Crippen LogP contribution in [0.1, 0.15) is 12.8 Å². The van der Waals surface area contributed by atoms with E-state index in [1.807, 2.05) is 6.07 Å². The molecule has 1 aliphatic heterocycles. The molecular weight excluding hydrogens is 260 g/mol. The molecule has 6 nitrogen and oxygen atoms in total. The van der Waals surface area contributed by atoms with Gasteiger partial charge in [-0.1, -0.05) is 18.2 Å². The van der Waals surface area contributed by atoms with E-state index in [1.165, 1.54) is 0 Å². The molecule has 1 aliphatic rings. The van der Waals surface area contributed by atoms with E-state index in [0.717, 1.165) is 0 Å². The van der Waals surface area contributed by atoms with Gasteiger partial charge in [0.05, 0.1) is 5.60 Å². The van der Waals surface area contributed by atoms with Gasteiger partial charge < -0.3 is 20.5 Å². The number of aliphatic hydroxyl groups is 1. The van der Waals surface area contributed by atoms with E-state index in [9.17, 15) is 14.7 Å². The third-order valence-electron chi connectivity index (χ3n) is 3.24. The van der Waals surface area contributed by atoms with Gasteiger partial charge >= 0.3 is 11.8 Å². The minimum atomic E-state index is -0.985. The Kier molecular flexibility index (Phi) is 4.70. The van der Waals surface area contributed by atoms with Crippen LogP contribution in [0.4, 0.5) is 5.69 Å². The molecular formula is C14H18N2O4. The molecule has 108 valence electrons. The van der Waals surface area contributed by atoms with Crippen molar-refractivity contribution in [1.82, 2.24) is 5.32 Å². The largest absolute Gasteiger partial charge is 0.388 e. The fraction of sp³-hybridized carbons (Fsp3) is 0.429. The van der Waals surface area contributed by atoms with Gasteiger partial charge in [-0.05, 0) is 12.1 Å². The van der Waals surface area contributed by atoms with Gasteiger partial charge in [-0.15, -0.1) is 0 Å². The molecule has 0 spiro atoms. The van der Waals surface area contributed by atoms with Gasteiger partial charge in [-0.2, -0.15) is 0 Å². The molecule has 0 bridgehead atoms. The molecule has 1 heterocycles. The summed E-state index contributed by atoms with van der Waals surface area (Å²) in [5.74, 6) is -1.50. The predicted octanol–water partition coefficient (Wildman–Crippen LogP) is 0.283. The van der Waals surface area contributed by atoms with Crippen molar-refractivity contribution in [1.29, 1.82) is 0 Å². The minimum Gasteiger partial charge on any atom is -0.388 e. The molecule has 1 saturated heterocycles. The Bertz CT molecular complexity index is 469. The van der Waals surface area contributed by atoms with Crippen molar-refractivity contribution in [2.45, 2.75) is 18.4 Å². The lowest BCUT2D eigenvalue weighted by atomic mass is 9.94. The lowest BCUT2D eigenvalue weighted by Crippen LogP contribution is -2.48. The Morgan fingerprint density at radius 2 is 1.80 bits per heavy atom. The topological polar surface area (TPSA) is 87.7 Å². The van der Waals surface area contributed by atoms with Gasteiger partial charge in [0.15, 0.2) is 0 Å². The van der Waals surface area contributed by atoms with Crippen LogP contribution in [0, 0.1) is 0 Å². The summed E-state index contributed by atoms with van der Waals surface area (Å²) >= 11 is 0. The maximum absolute atomic E-state index is 11.7. The summed E-state index contributed by atoms with van der Waals surface area (Å²) in [6, 6.07) is 8.72. The first-order valence-electron chi connectivity index (χ1n) is 6.53. The summed E-state index contributed by atoms with van der Waals surface area (Å²) in [5, 5.41) is 15.1. The number of ether oxygens (including phenoxy) is 1. The first-order valence-corrected chi connectivity index (χ1v) is 6.53. The number of benzene rings is 1. The Balaban J connectivity index is 1.81. The van der Waals surface area contributed by atoms with Crippen molar-refractivity contribution in [3.8, 4) is 0 Å². The third kappa shape index (κ3) is 4.04. The number of rotatable bonds is 3. The Morgan fingerprint density at radius 3 is 2.45 bits per heavy atom. The summed E-state index contributed by atoms with van der Waals surface area (Å²) < 4.78 is 5.15. The van der Waals surface area contributed by atoms with E-state index >= 15 is 0 Å². The first-order chi connectivity index (χ1) is 9.59. The van der Waals surface area contributed by atoms with Crippen LogP contribution in [-0.4, -0.2) is 42.3 Å². The van der Waals surface area contributed by atoms with Crippen LogP contribution >= 0.6 is 0 Å². The molecule has 2 amide bonds. The molecule has 1 aromatic carbocycles. The highest BCUT2D eigenvalue weighted by atomic mass is 16.5. The van der Waals surface area contributed by atoms with Gasteiger partial charge in [0, 0.05) is 38.3 Å². The van der Waals surface area contributed by atoms with E-state index in [0.29, 0.717) is 31.7 Å². The molecule has 0 aliphatic carbocycles. The van der Waals surface area contributed by atoms with Gasteiger partial charge in [-0.3, -0.25) is 9.59 Å². The number of anilines is 1. The Labute approximate surface area is 117 Å². The van der Waals surface area contributed by atoms with Crippen molar-refractivity contribution in [3.05, 3.63) is 30.3 Å². The number of amides is 2. The van der Waals surface area contributed by atoms with Crippen molar-refractivity contribution >= 4 is 17.5 Å². The normalized spacial score (nSPS) is 17.2. The summed E-state index contributed by atoms with van der Waals surface area (Å²) in [5.41, 5.74) is -0.432. The summed E-state index contributed by atoms with van der Waals surface area (Å²) in [7, 11) is 0. The average Bonchev–Trinajstić information content (AvgIpc) is 2.46. The summed E-state index contributed by atoms with van der Waals surface area (Å²) in [4.78, 5) is 23.3. The number of para-hydroxylation sites is 1. The van der Waals surface area contributed by atoms with Crippen LogP contribution in [0.3, 0.4) is 0 Å². The number of nitrogens with one attached hydrogen (secondary N) is 2. The van der Waals surface area contributed by atoms with Crippen LogP contribution in [0.15, 0.2) is 30.3 Å². The van der Waals surface area contributed by atoms with Crippen molar-refractivity contribution in [2.75, 3.05) is 25.1 Å². The smallest absolute Gasteiger partial charge is 0.313 e. The standard InChI is InChI=1S/C14H18N2O4/c17-12(13(18)16-11-4-2-1-3-5-11)15-10-14(19)6-8-20-9-7-14/h1-5,19H,6-10H2,(H,15,17)(H,16,18). The molecule has 1 fully saturated rings. The molecule has 6 heteroatoms. The van der Waals surface area contributed by atoms with E-state index < -0.39 is 17.4 Å². The highest BCUT2D eigenvalue weighted by molar-refractivity contribution is 6.39. The van der Waals surface area contributed by atoms with E-state index in [2.05, 4.69) is 10.6 Å².